The SMILES string of the molecule is CCOc1ccc(NC(=O)Cc2ccc(Cl)cc2)cc1S(=O)(=O)N1CCCCC1. The molecule has 1 N–H and O–H groups in total. The molecule has 0 atom stereocenters. The number of nitrogens with one attached hydrogen (secondary N) is 1. The highest BCUT2D eigenvalue weighted by Crippen LogP contribution is 2.31. The summed E-state index contributed by atoms with van der Waals surface area (Å²) in [7, 11) is -3.69. The third kappa shape index (κ3) is 5.50. The van der Waals surface area contributed by atoms with Crippen LogP contribution in [0.3, 0.4) is 0 Å². The molecule has 0 bridgehead atoms. The lowest BCUT2D eigenvalue weighted by Crippen LogP contribution is -2.35. The minimum absolute atomic E-state index is 0.0885. The van der Waals surface area contributed by atoms with E-state index in [0.29, 0.717) is 36.2 Å². The van der Waals surface area contributed by atoms with E-state index >= 15 is 0 Å². The van der Waals surface area contributed by atoms with Gasteiger partial charge in [0.15, 0.2) is 0 Å². The highest BCUT2D eigenvalue weighted by atomic mass is 35.5. The highest BCUT2D eigenvalue weighted by molar-refractivity contribution is 7.89. The van der Waals surface area contributed by atoms with Gasteiger partial charge in [0.05, 0.1) is 13.0 Å². The average molecular weight is 437 g/mol. The van der Waals surface area contributed by atoms with Crippen LogP contribution in [0.2, 0.25) is 5.02 Å². The summed E-state index contributed by atoms with van der Waals surface area (Å²) in [5.74, 6) is 0.0616. The number of piperidine rings is 1. The monoisotopic (exact) mass is 436 g/mol. The van der Waals surface area contributed by atoms with Gasteiger partial charge in [-0.05, 0) is 55.7 Å². The molecule has 0 aromatic heterocycles. The number of carbonyl (C=O) groups is 1. The normalized spacial score (nSPS) is 15.1. The number of carbonyl (C=O) groups excluding carboxylic acids is 1. The molecule has 29 heavy (non-hydrogen) atoms. The molecule has 2 aromatic rings. The van der Waals surface area contributed by atoms with E-state index in [4.69, 9.17) is 16.3 Å². The largest absolute Gasteiger partial charge is 0.492 e. The minimum Gasteiger partial charge on any atom is -0.492 e. The van der Waals surface area contributed by atoms with E-state index in [1.165, 1.54) is 10.4 Å². The molecule has 1 aliphatic rings. The Balaban J connectivity index is 1.82. The number of ether oxygens (including phenoxy) is 1. The zero-order chi connectivity index (χ0) is 20.9. The Kier molecular flexibility index (Phi) is 7.16. The highest BCUT2D eigenvalue weighted by Gasteiger charge is 2.29. The molecule has 1 heterocycles. The number of halogens is 1. The van der Waals surface area contributed by atoms with Gasteiger partial charge in [-0.25, -0.2) is 8.42 Å². The van der Waals surface area contributed by atoms with Gasteiger partial charge in [-0.1, -0.05) is 30.2 Å². The van der Waals surface area contributed by atoms with Gasteiger partial charge in [-0.3, -0.25) is 4.79 Å². The van der Waals surface area contributed by atoms with Crippen molar-refractivity contribution in [2.45, 2.75) is 37.5 Å². The van der Waals surface area contributed by atoms with Crippen molar-refractivity contribution < 1.29 is 17.9 Å². The molecular formula is C21H25ClN2O4S. The smallest absolute Gasteiger partial charge is 0.246 e. The van der Waals surface area contributed by atoms with E-state index in [1.807, 2.05) is 0 Å². The molecule has 156 valence electrons. The Hall–Kier alpha value is -2.09. The molecule has 1 saturated heterocycles. The van der Waals surface area contributed by atoms with Crippen molar-refractivity contribution in [3.63, 3.8) is 0 Å². The molecule has 8 heteroatoms. The molecular weight excluding hydrogens is 412 g/mol. The van der Waals surface area contributed by atoms with Crippen molar-refractivity contribution in [3.8, 4) is 5.75 Å². The second kappa shape index (κ2) is 9.61. The fourth-order valence-electron chi connectivity index (χ4n) is 3.30. The molecule has 2 aromatic carbocycles. The van der Waals surface area contributed by atoms with Crippen molar-refractivity contribution >= 4 is 33.2 Å². The molecule has 1 aliphatic heterocycles. The van der Waals surface area contributed by atoms with Crippen LogP contribution >= 0.6 is 11.6 Å². The van der Waals surface area contributed by atoms with Gasteiger partial charge in [0.1, 0.15) is 10.6 Å². The van der Waals surface area contributed by atoms with E-state index in [-0.39, 0.29) is 17.2 Å². The summed E-state index contributed by atoms with van der Waals surface area (Å²) in [5.41, 5.74) is 1.24. The maximum Gasteiger partial charge on any atom is 0.246 e. The summed E-state index contributed by atoms with van der Waals surface area (Å²) >= 11 is 5.87. The summed E-state index contributed by atoms with van der Waals surface area (Å²) in [4.78, 5) is 12.5. The number of hydrogen-bond acceptors (Lipinski definition) is 4. The molecule has 0 unspecified atom stereocenters. The number of nitrogens with zero attached hydrogens (tertiary/aromatic N) is 1. The summed E-state index contributed by atoms with van der Waals surface area (Å²) in [6, 6.07) is 11.8. The van der Waals surface area contributed by atoms with E-state index in [2.05, 4.69) is 5.32 Å². The number of hydrogen-bond donors (Lipinski definition) is 1. The van der Waals surface area contributed by atoms with Crippen molar-refractivity contribution in [1.29, 1.82) is 0 Å². The molecule has 6 nitrogen and oxygen atoms in total. The number of sulfonamides is 1. The van der Waals surface area contributed by atoms with Crippen molar-refractivity contribution in [2.75, 3.05) is 25.0 Å². The van der Waals surface area contributed by atoms with Gasteiger partial charge in [0, 0.05) is 23.8 Å². The summed E-state index contributed by atoms with van der Waals surface area (Å²) in [6.45, 7) is 3.16. The van der Waals surface area contributed by atoms with E-state index in [1.54, 1.807) is 43.3 Å². The first-order chi connectivity index (χ1) is 13.9. The summed E-state index contributed by atoms with van der Waals surface area (Å²) in [6.07, 6.45) is 2.89. The van der Waals surface area contributed by atoms with Crippen LogP contribution in [0, 0.1) is 0 Å². The first-order valence-corrected chi connectivity index (χ1v) is 11.5. The van der Waals surface area contributed by atoms with Crippen LogP contribution in [0.15, 0.2) is 47.4 Å². The molecule has 0 aliphatic carbocycles. The van der Waals surface area contributed by atoms with Crippen molar-refractivity contribution in [1.82, 2.24) is 4.31 Å². The molecule has 3 rings (SSSR count). The standard InChI is InChI=1S/C21H25ClN2O4S/c1-2-28-19-11-10-18(23-21(25)14-16-6-8-17(22)9-7-16)15-20(19)29(26,27)24-12-4-3-5-13-24/h6-11,15H,2-5,12-14H2,1H3,(H,23,25). The van der Waals surface area contributed by atoms with E-state index < -0.39 is 10.0 Å². The third-order valence-corrected chi connectivity index (χ3v) is 6.91. The Morgan fingerprint density at radius 2 is 1.79 bits per heavy atom. The van der Waals surface area contributed by atoms with Crippen molar-refractivity contribution in [2.24, 2.45) is 0 Å². The Bertz CT molecular complexity index is 955. The van der Waals surface area contributed by atoms with Gasteiger partial charge >= 0.3 is 0 Å². The Morgan fingerprint density at radius 3 is 2.45 bits per heavy atom. The third-order valence-electron chi connectivity index (χ3n) is 4.74. The second-order valence-electron chi connectivity index (χ2n) is 6.91. The zero-order valence-electron chi connectivity index (χ0n) is 16.4. The lowest BCUT2D eigenvalue weighted by Gasteiger charge is -2.27. The van der Waals surface area contributed by atoms with Crippen LogP contribution in [0.1, 0.15) is 31.7 Å². The number of amides is 1. The van der Waals surface area contributed by atoms with Crippen LogP contribution in [-0.4, -0.2) is 38.3 Å². The lowest BCUT2D eigenvalue weighted by molar-refractivity contribution is -0.115. The van der Waals surface area contributed by atoms with Gasteiger partial charge < -0.3 is 10.1 Å². The minimum atomic E-state index is -3.69. The topological polar surface area (TPSA) is 75.7 Å². The van der Waals surface area contributed by atoms with Gasteiger partial charge in [-0.2, -0.15) is 4.31 Å². The predicted molar refractivity (Wildman–Crippen MR) is 114 cm³/mol. The van der Waals surface area contributed by atoms with Crippen LogP contribution in [0.25, 0.3) is 0 Å². The first-order valence-electron chi connectivity index (χ1n) is 9.71. The predicted octanol–water partition coefficient (Wildman–Crippen LogP) is 4.09. The lowest BCUT2D eigenvalue weighted by atomic mass is 10.1. The number of anilines is 1. The summed E-state index contributed by atoms with van der Waals surface area (Å²) < 4.78 is 33.4. The van der Waals surface area contributed by atoms with Crippen molar-refractivity contribution in [3.05, 3.63) is 53.1 Å². The quantitative estimate of drug-likeness (QED) is 0.709. The zero-order valence-corrected chi connectivity index (χ0v) is 17.9. The molecule has 0 radical (unpaired) electrons. The molecule has 1 amide bonds. The molecule has 0 saturated carbocycles. The van der Waals surface area contributed by atoms with Crippen LogP contribution in [0.5, 0.6) is 5.75 Å². The fraction of sp³-hybridized carbons (Fsp3) is 0.381. The van der Waals surface area contributed by atoms with Gasteiger partial charge in [0.25, 0.3) is 0 Å². The maximum atomic E-state index is 13.2. The second-order valence-corrected chi connectivity index (χ2v) is 9.25. The van der Waals surface area contributed by atoms with Crippen LogP contribution in [-0.2, 0) is 21.2 Å². The number of rotatable bonds is 7. The van der Waals surface area contributed by atoms with E-state index in [9.17, 15) is 13.2 Å². The van der Waals surface area contributed by atoms with Crippen LogP contribution < -0.4 is 10.1 Å². The van der Waals surface area contributed by atoms with E-state index in [0.717, 1.165) is 24.8 Å². The van der Waals surface area contributed by atoms with Gasteiger partial charge in [-0.15, -0.1) is 0 Å². The summed E-state index contributed by atoms with van der Waals surface area (Å²) in [5, 5.41) is 3.38. The molecule has 1 fully saturated rings. The van der Waals surface area contributed by atoms with Crippen LogP contribution in [0.4, 0.5) is 5.69 Å². The average Bonchev–Trinajstić information content (AvgIpc) is 2.71. The van der Waals surface area contributed by atoms with Gasteiger partial charge in [0.2, 0.25) is 15.9 Å². The number of benzene rings is 2. The Labute approximate surface area is 176 Å². The molecule has 0 spiro atoms. The maximum absolute atomic E-state index is 13.2. The first kappa shape index (κ1) is 21.6. The fourth-order valence-corrected chi connectivity index (χ4v) is 5.10. The Morgan fingerprint density at radius 1 is 1.10 bits per heavy atom.